The van der Waals surface area contributed by atoms with Crippen LogP contribution >= 0.6 is 0 Å². The zero-order valence-corrected chi connectivity index (χ0v) is 53.6. The molecular weight excluding hydrogens is 1300 g/mol. The quantitative estimate of drug-likeness (QED) is 0.0638. The molecule has 5 aliphatic rings. The molecule has 2 bridgehead atoms. The Hall–Kier alpha value is -13.0. The van der Waals surface area contributed by atoms with Crippen LogP contribution in [0.3, 0.4) is 0 Å². The molecule has 0 aromatic heterocycles. The minimum Gasteiger partial charge on any atom is -0.508 e. The van der Waals surface area contributed by atoms with E-state index in [9.17, 15) is 91.9 Å². The summed E-state index contributed by atoms with van der Waals surface area (Å²) in [6, 6.07) is 50.5. The van der Waals surface area contributed by atoms with Crippen LogP contribution in [0.5, 0.6) is 103 Å². The van der Waals surface area contributed by atoms with Gasteiger partial charge in [-0.2, -0.15) is 0 Å². The van der Waals surface area contributed by atoms with Gasteiger partial charge in [0.2, 0.25) is 0 Å². The van der Waals surface area contributed by atoms with Gasteiger partial charge in [0.25, 0.3) is 0 Å². The summed E-state index contributed by atoms with van der Waals surface area (Å²) in [5.74, 6) is -18.6. The summed E-state index contributed by atoms with van der Waals surface area (Å²) in [4.78, 5) is 0. The third-order valence-electron chi connectivity index (χ3n) is 22.4. The fraction of sp³-hybridized carbons (Fsp3) is 0.143. The van der Waals surface area contributed by atoms with Gasteiger partial charge in [-0.3, -0.25) is 0 Å². The fourth-order valence-electron chi connectivity index (χ4n) is 19.0. The smallest absolute Gasteiger partial charge is 0.123 e. The largest absolute Gasteiger partial charge is 0.508 e. The monoisotopic (exact) mass is 1360 g/mol. The molecule has 12 aromatic carbocycles. The van der Waals surface area contributed by atoms with E-state index in [4.69, 9.17) is 0 Å². The topological polar surface area (TPSA) is 364 Å². The number of fused-ring (bicyclic) bond motifs is 5. The molecule has 18 N–H and O–H groups in total. The number of phenols is 18. The summed E-state index contributed by atoms with van der Waals surface area (Å²) in [6.45, 7) is 0. The molecule has 0 spiro atoms. The molecule has 12 atom stereocenters. The van der Waals surface area contributed by atoms with E-state index in [0.29, 0.717) is 55.6 Å². The Labute approximate surface area is 581 Å². The number of hydrogen-bond donors (Lipinski definition) is 18. The molecular formula is C84H64O18. The van der Waals surface area contributed by atoms with Crippen LogP contribution in [0.1, 0.15) is 182 Å². The Bertz CT molecular complexity index is 5420. The number of rotatable bonds is 9. The maximum atomic E-state index is 13.7. The number of benzene rings is 12. The lowest BCUT2D eigenvalue weighted by Gasteiger charge is -2.36. The van der Waals surface area contributed by atoms with E-state index < -0.39 is 111 Å². The predicted molar refractivity (Wildman–Crippen MR) is 373 cm³/mol. The number of aromatic hydroxyl groups is 18. The lowest BCUT2D eigenvalue weighted by Crippen LogP contribution is -2.22. The van der Waals surface area contributed by atoms with E-state index in [-0.39, 0.29) is 119 Å². The SMILES string of the molecule is Oc1ccc([C@@H]2c3cc(O)ccc3[C@@H]3c4c(O)cc(O)cc4[C@H]2c2c(O)cc(O)c4c2[C@@H]3[C@@H](c2ccc(O)cc2)[C@@H]4c2cc(O)c([C@H](c3ccc(O)cc3)[C@@H]3c4cc(O)cc(O)c4[C@H](c4ccc(O)cc4)[C@H]4c5c3c(O)cc(O)c5[C@H](c3cc(O)cc(O)c3)[C@H]4c3ccc(O)cc3)c(O)c2)cc1. The highest BCUT2D eigenvalue weighted by atomic mass is 16.3. The number of phenolic OH excluding ortho intramolecular Hbond substituents is 18. The fourth-order valence-corrected chi connectivity index (χ4v) is 19.0. The van der Waals surface area contributed by atoms with Crippen molar-refractivity contribution in [2.24, 2.45) is 0 Å². The first-order valence-electron chi connectivity index (χ1n) is 33.2. The van der Waals surface area contributed by atoms with Gasteiger partial charge in [0.1, 0.15) is 103 Å². The number of hydrogen-bond acceptors (Lipinski definition) is 18. The predicted octanol–water partition coefficient (Wildman–Crippen LogP) is 14.9. The van der Waals surface area contributed by atoms with Crippen LogP contribution in [0, 0.1) is 0 Å². The highest BCUT2D eigenvalue weighted by Crippen LogP contribution is 2.74. The van der Waals surface area contributed by atoms with Gasteiger partial charge in [-0.15, -0.1) is 0 Å². The summed E-state index contributed by atoms with van der Waals surface area (Å²) < 4.78 is 0. The van der Waals surface area contributed by atoms with Gasteiger partial charge in [-0.05, 0) is 182 Å². The molecule has 12 aromatic rings. The summed E-state index contributed by atoms with van der Waals surface area (Å²) >= 11 is 0. The van der Waals surface area contributed by atoms with Gasteiger partial charge in [0, 0.05) is 140 Å². The molecule has 0 radical (unpaired) electrons. The van der Waals surface area contributed by atoms with Crippen molar-refractivity contribution in [2.75, 3.05) is 0 Å². The van der Waals surface area contributed by atoms with Crippen LogP contribution in [0.4, 0.5) is 0 Å². The minimum atomic E-state index is -1.47. The van der Waals surface area contributed by atoms with E-state index in [2.05, 4.69) is 0 Å². The Balaban J connectivity index is 0.953. The average Bonchev–Trinajstić information content (AvgIpc) is 1.53. The molecule has 508 valence electrons. The Morgan fingerprint density at radius 3 is 1.04 bits per heavy atom. The molecule has 17 rings (SSSR count). The molecule has 18 nitrogen and oxygen atoms in total. The van der Waals surface area contributed by atoms with Crippen molar-refractivity contribution in [3.63, 3.8) is 0 Å². The average molecular weight is 1360 g/mol. The first-order valence-corrected chi connectivity index (χ1v) is 33.2. The highest BCUT2D eigenvalue weighted by molar-refractivity contribution is 5.77. The van der Waals surface area contributed by atoms with Gasteiger partial charge in [0.05, 0.1) is 0 Å². The van der Waals surface area contributed by atoms with E-state index in [1.807, 2.05) is 0 Å². The zero-order chi connectivity index (χ0) is 70.9. The van der Waals surface area contributed by atoms with Crippen LogP contribution in [0.25, 0.3) is 0 Å². The van der Waals surface area contributed by atoms with Gasteiger partial charge in [-0.1, -0.05) is 66.7 Å². The molecule has 0 fully saturated rings. The summed E-state index contributed by atoms with van der Waals surface area (Å²) in [5, 5.41) is 217. The second kappa shape index (κ2) is 22.8. The lowest BCUT2D eigenvalue weighted by atomic mass is 9.66. The van der Waals surface area contributed by atoms with Crippen molar-refractivity contribution in [1.82, 2.24) is 0 Å². The maximum absolute atomic E-state index is 13.7. The Morgan fingerprint density at radius 1 is 0.186 bits per heavy atom. The van der Waals surface area contributed by atoms with Crippen LogP contribution in [-0.2, 0) is 0 Å². The van der Waals surface area contributed by atoms with Crippen molar-refractivity contribution in [3.8, 4) is 103 Å². The first-order chi connectivity index (χ1) is 49.0. The normalized spacial score (nSPS) is 21.9. The van der Waals surface area contributed by atoms with Crippen molar-refractivity contribution in [3.05, 3.63) is 318 Å². The second-order valence-corrected chi connectivity index (χ2v) is 27.7. The molecule has 0 unspecified atom stereocenters. The van der Waals surface area contributed by atoms with E-state index >= 15 is 0 Å². The van der Waals surface area contributed by atoms with Crippen molar-refractivity contribution in [1.29, 1.82) is 0 Å². The summed E-state index contributed by atoms with van der Waals surface area (Å²) in [7, 11) is 0. The van der Waals surface area contributed by atoms with Gasteiger partial charge >= 0.3 is 0 Å². The summed E-state index contributed by atoms with van der Waals surface area (Å²) in [6.07, 6.45) is 0. The molecule has 102 heavy (non-hydrogen) atoms. The van der Waals surface area contributed by atoms with Gasteiger partial charge in [-0.25, -0.2) is 0 Å². The minimum absolute atomic E-state index is 0.0459. The van der Waals surface area contributed by atoms with Crippen LogP contribution in [-0.4, -0.2) is 91.9 Å². The standard InChI is InChI=1S/C84H64O18/c85-42-11-1-35(2-12-42)64-53-28-47(90)21-22-52(53)73-72-55(30-51(94)32-59(72)98)74(64)79-62(101)33-61(100)78-70(66(82(73)84(78)79)37-5-15-44(87)16-6-37)41-25-56(95)76(57(96)26-41)68(39-9-19-46(89)20-10-39)75-54-29-50(93)31-58(97)71(54)67(38-7-17-45(88)18-8-38)81-65(36-3-13-43(86)14-4-36)69(40-23-48(91)27-49(92)24-40)77-60(99)34-63(102)80(75)83(77)81/h1-34,64-70,73-75,81-82,85-102H/t64-,65-,66+,67+,68-,69-,70+,73-,74-,75+,81+,82-/m1/s1. The molecule has 0 aliphatic heterocycles. The van der Waals surface area contributed by atoms with Gasteiger partial charge < -0.3 is 91.9 Å². The molecule has 0 heterocycles. The van der Waals surface area contributed by atoms with Crippen molar-refractivity contribution in [2.45, 2.75) is 71.0 Å². The van der Waals surface area contributed by atoms with E-state index in [1.165, 1.54) is 115 Å². The Kier molecular flexibility index (Phi) is 14.0. The van der Waals surface area contributed by atoms with Crippen molar-refractivity contribution < 1.29 is 91.9 Å². The maximum Gasteiger partial charge on any atom is 0.123 e. The van der Waals surface area contributed by atoms with Crippen LogP contribution < -0.4 is 0 Å². The molecule has 0 saturated heterocycles. The Morgan fingerprint density at radius 2 is 0.539 bits per heavy atom. The first kappa shape index (κ1) is 62.6. The molecule has 0 saturated carbocycles. The third kappa shape index (κ3) is 9.38. The lowest BCUT2D eigenvalue weighted by molar-refractivity contribution is 0.415. The molecule has 0 amide bonds. The summed E-state index contributed by atoms with van der Waals surface area (Å²) in [5.41, 5.74) is 6.35. The highest BCUT2D eigenvalue weighted by Gasteiger charge is 2.59. The van der Waals surface area contributed by atoms with Crippen LogP contribution in [0.2, 0.25) is 0 Å². The molecule has 18 heteroatoms. The zero-order valence-electron chi connectivity index (χ0n) is 53.6. The van der Waals surface area contributed by atoms with E-state index in [0.717, 1.165) is 18.2 Å². The van der Waals surface area contributed by atoms with Crippen LogP contribution in [0.15, 0.2) is 206 Å². The second-order valence-electron chi connectivity index (χ2n) is 27.7. The van der Waals surface area contributed by atoms with Gasteiger partial charge in [0.15, 0.2) is 0 Å². The van der Waals surface area contributed by atoms with E-state index in [1.54, 1.807) is 72.8 Å². The van der Waals surface area contributed by atoms with Crippen molar-refractivity contribution >= 4 is 0 Å². The third-order valence-corrected chi connectivity index (χ3v) is 22.4. The molecule has 5 aliphatic carbocycles.